The van der Waals surface area contributed by atoms with Gasteiger partial charge in [0.1, 0.15) is 5.01 Å². The zero-order valence-corrected chi connectivity index (χ0v) is 13.4. The topological polar surface area (TPSA) is 52.0 Å². The van der Waals surface area contributed by atoms with E-state index in [0.717, 1.165) is 42.6 Å². The fraction of sp³-hybridized carbons (Fsp3) is 0.571. The van der Waals surface area contributed by atoms with Gasteiger partial charge in [0.25, 0.3) is 0 Å². The van der Waals surface area contributed by atoms with E-state index in [2.05, 4.69) is 34.6 Å². The lowest BCUT2D eigenvalue weighted by atomic mass is 10.2. The molecular formula is C14H22N4OS. The van der Waals surface area contributed by atoms with Gasteiger partial charge in [-0.2, -0.15) is 5.10 Å². The van der Waals surface area contributed by atoms with Gasteiger partial charge in [-0.25, -0.2) is 4.98 Å². The molecule has 0 saturated carbocycles. The minimum absolute atomic E-state index is 0.727. The molecule has 0 unspecified atom stereocenters. The van der Waals surface area contributed by atoms with Crippen molar-refractivity contribution in [1.29, 1.82) is 0 Å². The normalized spacial score (nSPS) is 11.2. The number of hydrogen-bond acceptors (Lipinski definition) is 5. The second kappa shape index (κ2) is 6.97. The fourth-order valence-electron chi connectivity index (χ4n) is 2.13. The number of methoxy groups -OCH3 is 1. The van der Waals surface area contributed by atoms with Crippen LogP contribution in [0.1, 0.15) is 27.7 Å². The molecule has 0 fully saturated rings. The van der Waals surface area contributed by atoms with Gasteiger partial charge in [-0.1, -0.05) is 0 Å². The first-order chi connectivity index (χ1) is 9.61. The molecule has 0 amide bonds. The number of aromatic nitrogens is 3. The molecule has 6 heteroatoms. The van der Waals surface area contributed by atoms with Crippen LogP contribution in [0.3, 0.4) is 0 Å². The van der Waals surface area contributed by atoms with Gasteiger partial charge >= 0.3 is 0 Å². The number of ether oxygens (including phenoxy) is 1. The highest BCUT2D eigenvalue weighted by Gasteiger charge is 2.12. The van der Waals surface area contributed by atoms with Crippen molar-refractivity contribution >= 4 is 11.3 Å². The Hall–Kier alpha value is -1.24. The zero-order chi connectivity index (χ0) is 14.5. The monoisotopic (exact) mass is 294 g/mol. The molecule has 2 heterocycles. The summed E-state index contributed by atoms with van der Waals surface area (Å²) in [7, 11) is 1.71. The molecule has 110 valence electrons. The van der Waals surface area contributed by atoms with E-state index in [1.807, 2.05) is 11.6 Å². The Morgan fingerprint density at radius 1 is 1.35 bits per heavy atom. The first kappa shape index (κ1) is 15.2. The largest absolute Gasteiger partial charge is 0.383 e. The Morgan fingerprint density at radius 3 is 2.80 bits per heavy atom. The molecule has 0 bridgehead atoms. The molecule has 2 rings (SSSR count). The number of thiazole rings is 1. The van der Waals surface area contributed by atoms with Crippen LogP contribution in [0.2, 0.25) is 0 Å². The average Bonchev–Trinajstić information content (AvgIpc) is 2.93. The van der Waals surface area contributed by atoms with E-state index in [-0.39, 0.29) is 0 Å². The standard InChI is InChI=1S/C14H22N4OS/c1-10-9-20-14(16-10)8-18-12(3)13(11(2)17-18)7-15-5-6-19-4/h9,15H,5-8H2,1-4H3. The second-order valence-electron chi connectivity index (χ2n) is 4.86. The van der Waals surface area contributed by atoms with Crippen LogP contribution < -0.4 is 5.32 Å². The lowest BCUT2D eigenvalue weighted by Crippen LogP contribution is -2.19. The van der Waals surface area contributed by atoms with Crippen molar-refractivity contribution in [3.63, 3.8) is 0 Å². The molecule has 2 aromatic rings. The maximum absolute atomic E-state index is 5.04. The van der Waals surface area contributed by atoms with Crippen LogP contribution in [0.25, 0.3) is 0 Å². The summed E-state index contributed by atoms with van der Waals surface area (Å²) in [5, 5.41) is 11.2. The van der Waals surface area contributed by atoms with Crippen LogP contribution in [0.4, 0.5) is 0 Å². The zero-order valence-electron chi connectivity index (χ0n) is 12.6. The van der Waals surface area contributed by atoms with E-state index in [9.17, 15) is 0 Å². The van der Waals surface area contributed by atoms with Gasteiger partial charge in [-0.05, 0) is 20.8 Å². The third-order valence-corrected chi connectivity index (χ3v) is 4.22. The molecule has 0 aliphatic carbocycles. The number of nitrogens with zero attached hydrogens (tertiary/aromatic N) is 3. The Morgan fingerprint density at radius 2 is 2.15 bits per heavy atom. The average molecular weight is 294 g/mol. The smallest absolute Gasteiger partial charge is 0.114 e. The second-order valence-corrected chi connectivity index (χ2v) is 5.80. The molecule has 0 saturated heterocycles. The molecular weight excluding hydrogens is 272 g/mol. The Balaban J connectivity index is 2.04. The third kappa shape index (κ3) is 3.65. The molecule has 0 spiro atoms. The maximum atomic E-state index is 5.04. The molecule has 0 atom stereocenters. The summed E-state index contributed by atoms with van der Waals surface area (Å²) in [4.78, 5) is 4.50. The Kier molecular flexibility index (Phi) is 5.28. The van der Waals surface area contributed by atoms with Crippen molar-refractivity contribution in [2.75, 3.05) is 20.3 Å². The third-order valence-electron chi connectivity index (χ3n) is 3.27. The van der Waals surface area contributed by atoms with E-state index in [1.165, 1.54) is 11.3 Å². The summed E-state index contributed by atoms with van der Waals surface area (Å²) in [5.74, 6) is 0. The Bertz CT molecular complexity index is 562. The SMILES string of the molecule is COCCNCc1c(C)nn(Cc2nc(C)cs2)c1C. The van der Waals surface area contributed by atoms with E-state index in [4.69, 9.17) is 4.74 Å². The van der Waals surface area contributed by atoms with Gasteiger partial charge in [-0.15, -0.1) is 11.3 Å². The maximum Gasteiger partial charge on any atom is 0.114 e. The molecule has 0 radical (unpaired) electrons. The molecule has 1 N–H and O–H groups in total. The number of rotatable bonds is 7. The van der Waals surface area contributed by atoms with Crippen LogP contribution in [0.15, 0.2) is 5.38 Å². The van der Waals surface area contributed by atoms with Crippen molar-refractivity contribution < 1.29 is 4.74 Å². The minimum atomic E-state index is 0.727. The summed E-state index contributed by atoms with van der Waals surface area (Å²) in [6.45, 7) is 9.36. The van der Waals surface area contributed by atoms with Crippen LogP contribution in [0.5, 0.6) is 0 Å². The molecule has 5 nitrogen and oxygen atoms in total. The Labute approximate surface area is 124 Å². The minimum Gasteiger partial charge on any atom is -0.383 e. The van der Waals surface area contributed by atoms with Crippen LogP contribution in [0, 0.1) is 20.8 Å². The highest BCUT2D eigenvalue weighted by Crippen LogP contribution is 2.16. The van der Waals surface area contributed by atoms with Gasteiger partial charge < -0.3 is 10.1 Å². The summed E-state index contributed by atoms with van der Waals surface area (Å²) >= 11 is 1.69. The van der Waals surface area contributed by atoms with Crippen LogP contribution in [-0.4, -0.2) is 35.0 Å². The fourth-order valence-corrected chi connectivity index (χ4v) is 2.89. The van der Waals surface area contributed by atoms with E-state index >= 15 is 0 Å². The molecule has 0 aliphatic rings. The lowest BCUT2D eigenvalue weighted by molar-refractivity contribution is 0.199. The van der Waals surface area contributed by atoms with Gasteiger partial charge in [0, 0.05) is 42.5 Å². The molecule has 2 aromatic heterocycles. The molecule has 0 aliphatic heterocycles. The first-order valence-electron chi connectivity index (χ1n) is 6.75. The number of aryl methyl sites for hydroxylation is 2. The van der Waals surface area contributed by atoms with Crippen molar-refractivity contribution in [3.05, 3.63) is 33.0 Å². The van der Waals surface area contributed by atoms with Crippen LogP contribution >= 0.6 is 11.3 Å². The number of hydrogen-bond donors (Lipinski definition) is 1. The predicted octanol–water partition coefficient (Wildman–Crippen LogP) is 2.05. The summed E-state index contributed by atoms with van der Waals surface area (Å²) in [6.07, 6.45) is 0. The van der Waals surface area contributed by atoms with E-state index in [1.54, 1.807) is 18.4 Å². The highest BCUT2D eigenvalue weighted by molar-refractivity contribution is 7.09. The van der Waals surface area contributed by atoms with Crippen molar-refractivity contribution in [2.45, 2.75) is 33.9 Å². The lowest BCUT2D eigenvalue weighted by Gasteiger charge is -2.05. The quantitative estimate of drug-likeness (QED) is 0.794. The summed E-state index contributed by atoms with van der Waals surface area (Å²) < 4.78 is 7.08. The predicted molar refractivity (Wildman–Crippen MR) is 81.2 cm³/mol. The van der Waals surface area contributed by atoms with Gasteiger partial charge in [0.2, 0.25) is 0 Å². The van der Waals surface area contributed by atoms with Crippen LogP contribution in [-0.2, 0) is 17.8 Å². The van der Waals surface area contributed by atoms with Crippen molar-refractivity contribution in [3.8, 4) is 0 Å². The summed E-state index contributed by atoms with van der Waals surface area (Å²) in [5.41, 5.74) is 4.64. The molecule has 20 heavy (non-hydrogen) atoms. The number of nitrogens with one attached hydrogen (secondary N) is 1. The van der Waals surface area contributed by atoms with E-state index in [0.29, 0.717) is 0 Å². The molecule has 0 aromatic carbocycles. The van der Waals surface area contributed by atoms with Crippen molar-refractivity contribution in [2.24, 2.45) is 0 Å². The van der Waals surface area contributed by atoms with Crippen molar-refractivity contribution in [1.82, 2.24) is 20.1 Å². The first-order valence-corrected chi connectivity index (χ1v) is 7.63. The summed E-state index contributed by atoms with van der Waals surface area (Å²) in [6, 6.07) is 0. The highest BCUT2D eigenvalue weighted by atomic mass is 32.1. The van der Waals surface area contributed by atoms with Gasteiger partial charge in [-0.3, -0.25) is 4.68 Å². The van der Waals surface area contributed by atoms with E-state index < -0.39 is 0 Å². The van der Waals surface area contributed by atoms with Gasteiger partial charge in [0.05, 0.1) is 18.8 Å². The van der Waals surface area contributed by atoms with Gasteiger partial charge in [0.15, 0.2) is 0 Å².